The fourth-order valence-electron chi connectivity index (χ4n) is 5.41. The lowest BCUT2D eigenvalue weighted by molar-refractivity contribution is -0.0500. The Bertz CT molecular complexity index is 1280. The van der Waals surface area contributed by atoms with Crippen LogP contribution in [-0.2, 0) is 0 Å². The summed E-state index contributed by atoms with van der Waals surface area (Å²) in [4.78, 5) is 15.2. The fourth-order valence-corrected chi connectivity index (χ4v) is 5.41. The highest BCUT2D eigenvalue weighted by Crippen LogP contribution is 2.38. The van der Waals surface area contributed by atoms with E-state index in [2.05, 4.69) is 20.1 Å². The molecule has 3 heterocycles. The first-order chi connectivity index (χ1) is 17.7. The van der Waals surface area contributed by atoms with Gasteiger partial charge in [0.2, 0.25) is 0 Å². The second-order valence-electron chi connectivity index (χ2n) is 9.85. The van der Waals surface area contributed by atoms with Crippen LogP contribution in [0.4, 0.5) is 18.9 Å². The zero-order valence-corrected chi connectivity index (χ0v) is 20.1. The van der Waals surface area contributed by atoms with Crippen LogP contribution in [0.25, 0.3) is 5.52 Å². The standard InChI is InChI=1S/C26H29F3N4O4/c27-17-10-16(11-20(12-17)37-25(28)29)22-2-1-8-32(22)19-5-9-33-23(13-19)21(14-30-33)24(35)31-18-3-6-26(36,15-34)7-4-18/h5,9-14,18,22,25,34,36H,1-4,6-8,15H2,(H,31,35). The number of halogens is 3. The minimum atomic E-state index is -3.04. The number of rotatable bonds is 7. The van der Waals surface area contributed by atoms with Gasteiger partial charge in [0.25, 0.3) is 5.91 Å². The first-order valence-corrected chi connectivity index (χ1v) is 12.4. The smallest absolute Gasteiger partial charge is 0.387 e. The Balaban J connectivity index is 1.37. The van der Waals surface area contributed by atoms with Crippen molar-refractivity contribution >= 4 is 17.1 Å². The summed E-state index contributed by atoms with van der Waals surface area (Å²) in [6, 6.07) is 7.06. The van der Waals surface area contributed by atoms with Crippen molar-refractivity contribution in [2.24, 2.45) is 0 Å². The molecule has 1 unspecified atom stereocenters. The van der Waals surface area contributed by atoms with Gasteiger partial charge < -0.3 is 25.2 Å². The summed E-state index contributed by atoms with van der Waals surface area (Å²) in [6.07, 6.45) is 6.73. The van der Waals surface area contributed by atoms with Crippen LogP contribution in [-0.4, -0.2) is 57.1 Å². The molecule has 0 radical (unpaired) electrons. The Morgan fingerprint density at radius 1 is 1.22 bits per heavy atom. The molecule has 1 saturated carbocycles. The molecule has 5 rings (SSSR count). The lowest BCUT2D eigenvalue weighted by Gasteiger charge is -2.34. The van der Waals surface area contributed by atoms with Crippen LogP contribution >= 0.6 is 0 Å². The van der Waals surface area contributed by atoms with Crippen molar-refractivity contribution < 1.29 is 32.9 Å². The van der Waals surface area contributed by atoms with Gasteiger partial charge in [0, 0.05) is 30.5 Å². The van der Waals surface area contributed by atoms with E-state index in [4.69, 9.17) is 0 Å². The molecule has 0 spiro atoms. The summed E-state index contributed by atoms with van der Waals surface area (Å²) < 4.78 is 45.6. The first-order valence-electron chi connectivity index (χ1n) is 12.4. The number of aliphatic hydroxyl groups is 2. The molecule has 8 nitrogen and oxygen atoms in total. The van der Waals surface area contributed by atoms with Gasteiger partial charge >= 0.3 is 6.61 Å². The maximum absolute atomic E-state index is 14.2. The summed E-state index contributed by atoms with van der Waals surface area (Å²) in [7, 11) is 0. The number of amides is 1. The number of ether oxygens (including phenoxy) is 1. The number of anilines is 1. The predicted molar refractivity (Wildman–Crippen MR) is 129 cm³/mol. The summed E-state index contributed by atoms with van der Waals surface area (Å²) in [5.41, 5.74) is 1.26. The highest BCUT2D eigenvalue weighted by atomic mass is 19.3. The zero-order valence-electron chi connectivity index (χ0n) is 20.1. The van der Waals surface area contributed by atoms with Crippen molar-refractivity contribution in [3.05, 3.63) is 59.7 Å². The van der Waals surface area contributed by atoms with Crippen molar-refractivity contribution in [3.8, 4) is 5.75 Å². The molecule has 37 heavy (non-hydrogen) atoms. The molecule has 1 aliphatic carbocycles. The molecule has 198 valence electrons. The van der Waals surface area contributed by atoms with E-state index in [0.29, 0.717) is 55.3 Å². The van der Waals surface area contributed by atoms with Gasteiger partial charge in [-0.15, -0.1) is 0 Å². The number of nitrogens with zero attached hydrogens (tertiary/aromatic N) is 3. The number of nitrogens with one attached hydrogen (secondary N) is 1. The normalized spacial score (nSPS) is 24.1. The number of carbonyl (C=O) groups is 1. The fraction of sp³-hybridized carbons (Fsp3) is 0.462. The van der Waals surface area contributed by atoms with Crippen molar-refractivity contribution in [1.29, 1.82) is 0 Å². The number of pyridine rings is 1. The number of aliphatic hydroxyl groups excluding tert-OH is 1. The summed E-state index contributed by atoms with van der Waals surface area (Å²) in [5, 5.41) is 26.9. The monoisotopic (exact) mass is 518 g/mol. The minimum absolute atomic E-state index is 0.113. The van der Waals surface area contributed by atoms with Crippen molar-refractivity contribution in [1.82, 2.24) is 14.9 Å². The maximum Gasteiger partial charge on any atom is 0.387 e. The third-order valence-corrected chi connectivity index (χ3v) is 7.38. The third kappa shape index (κ3) is 5.37. The van der Waals surface area contributed by atoms with E-state index < -0.39 is 18.0 Å². The topological polar surface area (TPSA) is 99.3 Å². The average Bonchev–Trinajstić information content (AvgIpc) is 3.52. The van der Waals surface area contributed by atoms with Crippen LogP contribution in [0.1, 0.15) is 60.5 Å². The van der Waals surface area contributed by atoms with Crippen LogP contribution in [0.2, 0.25) is 0 Å². The lowest BCUT2D eigenvalue weighted by Crippen LogP contribution is -2.45. The molecular weight excluding hydrogens is 489 g/mol. The van der Waals surface area contributed by atoms with E-state index in [1.807, 2.05) is 12.1 Å². The molecule has 2 aromatic heterocycles. The molecule has 1 aliphatic heterocycles. The number of fused-ring (bicyclic) bond motifs is 1. The number of benzene rings is 1. The number of alkyl halides is 2. The van der Waals surface area contributed by atoms with E-state index in [9.17, 15) is 28.2 Å². The van der Waals surface area contributed by atoms with E-state index in [1.165, 1.54) is 18.3 Å². The van der Waals surface area contributed by atoms with Crippen LogP contribution in [0.15, 0.2) is 42.7 Å². The number of aromatic nitrogens is 2. The van der Waals surface area contributed by atoms with Gasteiger partial charge in [0.15, 0.2) is 0 Å². The summed E-state index contributed by atoms with van der Waals surface area (Å²) in [5.74, 6) is -1.14. The quantitative estimate of drug-likeness (QED) is 0.440. The van der Waals surface area contributed by atoms with E-state index >= 15 is 0 Å². The zero-order chi connectivity index (χ0) is 26.2. The highest BCUT2D eigenvalue weighted by molar-refractivity contribution is 6.01. The first kappa shape index (κ1) is 25.3. The van der Waals surface area contributed by atoms with Crippen LogP contribution in [0, 0.1) is 5.82 Å². The molecule has 2 aliphatic rings. The summed E-state index contributed by atoms with van der Waals surface area (Å²) in [6.45, 7) is -2.66. The van der Waals surface area contributed by atoms with Crippen molar-refractivity contribution in [2.45, 2.75) is 62.8 Å². The molecule has 2 fully saturated rings. The Hall–Kier alpha value is -3.31. The van der Waals surface area contributed by atoms with Gasteiger partial charge in [-0.3, -0.25) is 4.79 Å². The van der Waals surface area contributed by atoms with E-state index in [1.54, 1.807) is 10.7 Å². The van der Waals surface area contributed by atoms with Crippen LogP contribution in [0.3, 0.4) is 0 Å². The SMILES string of the molecule is O=C(NC1CCC(O)(CO)CC1)c1cnn2ccc(N3CCCC3c3cc(F)cc(OC(F)F)c3)cc12. The van der Waals surface area contributed by atoms with Crippen LogP contribution < -0.4 is 15.0 Å². The van der Waals surface area contributed by atoms with Gasteiger partial charge in [-0.2, -0.15) is 13.9 Å². The second-order valence-corrected chi connectivity index (χ2v) is 9.85. The molecular formula is C26H29F3N4O4. The summed E-state index contributed by atoms with van der Waals surface area (Å²) >= 11 is 0. The third-order valence-electron chi connectivity index (χ3n) is 7.38. The molecule has 11 heteroatoms. The molecule has 0 bridgehead atoms. The number of hydrogen-bond acceptors (Lipinski definition) is 6. The minimum Gasteiger partial charge on any atom is -0.435 e. The highest BCUT2D eigenvalue weighted by Gasteiger charge is 2.33. The Morgan fingerprint density at radius 3 is 2.73 bits per heavy atom. The van der Waals surface area contributed by atoms with Crippen LogP contribution in [0.5, 0.6) is 5.75 Å². The Morgan fingerprint density at radius 2 is 2.00 bits per heavy atom. The van der Waals surface area contributed by atoms with Gasteiger partial charge in [0.1, 0.15) is 11.6 Å². The average molecular weight is 519 g/mol. The Labute approximate surface area is 211 Å². The molecule has 1 saturated heterocycles. The van der Waals surface area contributed by atoms with Gasteiger partial charge in [0.05, 0.1) is 35.5 Å². The molecule has 3 aromatic rings. The lowest BCUT2D eigenvalue weighted by atomic mass is 9.83. The Kier molecular flexibility index (Phi) is 7.00. The number of carbonyl (C=O) groups excluding carboxylic acids is 1. The molecule has 1 atom stereocenters. The second kappa shape index (κ2) is 10.2. The molecule has 3 N–H and O–H groups in total. The maximum atomic E-state index is 14.2. The van der Waals surface area contributed by atoms with Gasteiger partial charge in [-0.25, -0.2) is 8.91 Å². The van der Waals surface area contributed by atoms with Gasteiger partial charge in [-0.1, -0.05) is 0 Å². The largest absolute Gasteiger partial charge is 0.435 e. The van der Waals surface area contributed by atoms with E-state index in [0.717, 1.165) is 18.2 Å². The molecule has 1 amide bonds. The van der Waals surface area contributed by atoms with Crippen molar-refractivity contribution in [3.63, 3.8) is 0 Å². The van der Waals surface area contributed by atoms with E-state index in [-0.39, 0.29) is 30.3 Å². The van der Waals surface area contributed by atoms with Gasteiger partial charge in [-0.05, 0) is 68.4 Å². The predicted octanol–water partition coefficient (Wildman–Crippen LogP) is 3.81. The molecule has 1 aromatic carbocycles. The number of hydrogen-bond donors (Lipinski definition) is 3. The van der Waals surface area contributed by atoms with Crippen molar-refractivity contribution in [2.75, 3.05) is 18.1 Å².